The number of nitrogen functional groups attached to an aromatic ring is 1. The normalized spacial score (nSPS) is 18.8. The van der Waals surface area contributed by atoms with Crippen LogP contribution in [0.2, 0.25) is 0 Å². The molecule has 9 heteroatoms. The molecule has 0 radical (unpaired) electrons. The first-order valence-electron chi connectivity index (χ1n) is 10.4. The average Bonchev–Trinajstić information content (AvgIpc) is 2.79. The molecule has 31 heavy (non-hydrogen) atoms. The van der Waals surface area contributed by atoms with Gasteiger partial charge in [-0.15, -0.1) is 0 Å². The Labute approximate surface area is 184 Å². The van der Waals surface area contributed by atoms with Crippen molar-refractivity contribution in [3.05, 3.63) is 54.1 Å². The molecular formula is C22H26F2N6S. The summed E-state index contributed by atoms with van der Waals surface area (Å²) in [7, 11) is 0. The Hall–Kier alpha value is -2.49. The molecule has 6 nitrogen and oxygen atoms in total. The summed E-state index contributed by atoms with van der Waals surface area (Å²) >= 11 is 1.23. The van der Waals surface area contributed by atoms with Gasteiger partial charge in [-0.05, 0) is 73.7 Å². The zero-order chi connectivity index (χ0) is 21.6. The number of fused-ring (bicyclic) bond motifs is 1. The van der Waals surface area contributed by atoms with Gasteiger partial charge in [-0.25, -0.2) is 19.6 Å². The topological polar surface area (TPSA) is 87.9 Å². The third-order valence-corrected chi connectivity index (χ3v) is 6.57. The maximum Gasteiger partial charge on any atom is 0.225 e. The monoisotopic (exact) mass is 444 g/mol. The van der Waals surface area contributed by atoms with Gasteiger partial charge in [-0.2, -0.15) is 4.98 Å². The highest BCUT2D eigenvalue weighted by atomic mass is 32.2. The van der Waals surface area contributed by atoms with Crippen LogP contribution in [0.5, 0.6) is 0 Å². The quantitative estimate of drug-likeness (QED) is 0.227. The van der Waals surface area contributed by atoms with E-state index in [-0.39, 0.29) is 0 Å². The summed E-state index contributed by atoms with van der Waals surface area (Å²) in [6, 6.07) is 11.4. The minimum absolute atomic E-state index is 0.418. The maximum atomic E-state index is 13.7. The Kier molecular flexibility index (Phi) is 7.16. The molecule has 164 valence electrons. The van der Waals surface area contributed by atoms with Crippen LogP contribution in [-0.2, 0) is 0 Å². The summed E-state index contributed by atoms with van der Waals surface area (Å²) < 4.78 is 29.9. The number of rotatable bonds is 8. The van der Waals surface area contributed by atoms with Crippen LogP contribution in [0.25, 0.3) is 10.9 Å². The minimum Gasteiger partial charge on any atom is -0.354 e. The molecule has 0 atom stereocenters. The van der Waals surface area contributed by atoms with Gasteiger partial charge in [0.25, 0.3) is 0 Å². The van der Waals surface area contributed by atoms with E-state index in [9.17, 15) is 8.78 Å². The molecule has 1 aliphatic carbocycles. The second-order valence-electron chi connectivity index (χ2n) is 7.85. The third-order valence-electron chi connectivity index (χ3n) is 5.70. The van der Waals surface area contributed by atoms with Gasteiger partial charge in [0.2, 0.25) is 5.95 Å². The number of nitrogens with one attached hydrogen (secondary N) is 3. The number of hydrogen-bond donors (Lipinski definition) is 4. The first-order valence-corrected chi connectivity index (χ1v) is 11.3. The Balaban J connectivity index is 1.22. The minimum atomic E-state index is -0.557. The fourth-order valence-electron chi connectivity index (χ4n) is 3.94. The number of para-hydroxylation sites is 1. The zero-order valence-corrected chi connectivity index (χ0v) is 17.9. The number of benzene rings is 2. The molecule has 0 amide bonds. The number of nitrogens with zero attached hydrogens (tertiary/aromatic N) is 2. The predicted octanol–water partition coefficient (Wildman–Crippen LogP) is 4.71. The molecule has 0 saturated heterocycles. The van der Waals surface area contributed by atoms with Crippen LogP contribution in [0.1, 0.15) is 25.7 Å². The zero-order valence-electron chi connectivity index (χ0n) is 17.1. The standard InChI is InChI=1S/C22H26F2N6S/c23-16-9-10-20(18(24)11-16)31-27-13-15-7-5-14(6-8-15)12-26-22-28-19-4-2-1-3-17(19)21(29-22)30-25/h1-4,9-11,14-15,27H,5-8,12-13,25H2,(H2,26,28,29,30). The van der Waals surface area contributed by atoms with E-state index in [4.69, 9.17) is 5.84 Å². The fraction of sp³-hybridized carbons (Fsp3) is 0.364. The molecule has 1 heterocycles. The van der Waals surface area contributed by atoms with E-state index < -0.39 is 11.6 Å². The van der Waals surface area contributed by atoms with Gasteiger partial charge in [0.1, 0.15) is 11.6 Å². The third kappa shape index (κ3) is 5.61. The maximum absolute atomic E-state index is 13.7. The van der Waals surface area contributed by atoms with Crippen molar-refractivity contribution in [1.29, 1.82) is 0 Å². The van der Waals surface area contributed by atoms with Crippen molar-refractivity contribution >= 4 is 34.6 Å². The summed E-state index contributed by atoms with van der Waals surface area (Å²) in [6.07, 6.45) is 4.45. The van der Waals surface area contributed by atoms with E-state index in [1.54, 1.807) is 0 Å². The van der Waals surface area contributed by atoms with Gasteiger partial charge >= 0.3 is 0 Å². The number of halogens is 2. The van der Waals surface area contributed by atoms with Gasteiger partial charge in [0, 0.05) is 24.5 Å². The lowest BCUT2D eigenvalue weighted by atomic mass is 9.82. The van der Waals surface area contributed by atoms with Gasteiger partial charge in [0.05, 0.1) is 10.4 Å². The lowest BCUT2D eigenvalue weighted by Crippen LogP contribution is -2.26. The molecule has 3 aromatic rings. The highest BCUT2D eigenvalue weighted by Crippen LogP contribution is 2.30. The Morgan fingerprint density at radius 3 is 2.45 bits per heavy atom. The van der Waals surface area contributed by atoms with Crippen LogP contribution >= 0.6 is 11.9 Å². The summed E-state index contributed by atoms with van der Waals surface area (Å²) in [5, 5.41) is 4.25. The SMILES string of the molecule is NNc1nc(NCC2CCC(CNSc3ccc(F)cc3F)CC2)nc2ccccc12. The largest absolute Gasteiger partial charge is 0.354 e. The van der Waals surface area contributed by atoms with Crippen LogP contribution < -0.4 is 21.3 Å². The van der Waals surface area contributed by atoms with Gasteiger partial charge in [0.15, 0.2) is 5.82 Å². The summed E-state index contributed by atoms with van der Waals surface area (Å²) in [5.41, 5.74) is 3.49. The van der Waals surface area contributed by atoms with Crippen molar-refractivity contribution in [2.45, 2.75) is 30.6 Å². The molecule has 5 N–H and O–H groups in total. The van der Waals surface area contributed by atoms with Crippen LogP contribution in [0, 0.1) is 23.5 Å². The molecule has 2 aromatic carbocycles. The predicted molar refractivity (Wildman–Crippen MR) is 122 cm³/mol. The second kappa shape index (κ2) is 10.2. The van der Waals surface area contributed by atoms with Gasteiger partial charge in [-0.3, -0.25) is 4.72 Å². The molecule has 1 fully saturated rings. The van der Waals surface area contributed by atoms with E-state index in [2.05, 4.69) is 25.4 Å². The summed E-state index contributed by atoms with van der Waals surface area (Å²) in [6.45, 7) is 1.62. The van der Waals surface area contributed by atoms with Gasteiger partial charge < -0.3 is 10.7 Å². The number of nitrogens with two attached hydrogens (primary N) is 1. The smallest absolute Gasteiger partial charge is 0.225 e. The number of hydrogen-bond acceptors (Lipinski definition) is 7. The van der Waals surface area contributed by atoms with E-state index in [1.807, 2.05) is 24.3 Å². The number of hydrazine groups is 1. The Morgan fingerprint density at radius 1 is 0.968 bits per heavy atom. The molecule has 1 aromatic heterocycles. The first kappa shape index (κ1) is 21.7. The van der Waals surface area contributed by atoms with E-state index in [1.165, 1.54) is 24.1 Å². The second-order valence-corrected chi connectivity index (χ2v) is 8.78. The van der Waals surface area contributed by atoms with Crippen molar-refractivity contribution < 1.29 is 8.78 Å². The molecule has 0 aliphatic heterocycles. The van der Waals surface area contributed by atoms with Crippen LogP contribution in [0.15, 0.2) is 47.4 Å². The molecule has 0 spiro atoms. The molecule has 0 unspecified atom stereocenters. The molecule has 4 rings (SSSR count). The van der Waals surface area contributed by atoms with Gasteiger partial charge in [-0.1, -0.05) is 12.1 Å². The summed E-state index contributed by atoms with van der Waals surface area (Å²) in [4.78, 5) is 9.47. The lowest BCUT2D eigenvalue weighted by molar-refractivity contribution is 0.285. The number of anilines is 2. The lowest BCUT2D eigenvalue weighted by Gasteiger charge is -2.28. The highest BCUT2D eigenvalue weighted by Gasteiger charge is 2.21. The van der Waals surface area contributed by atoms with E-state index >= 15 is 0 Å². The summed E-state index contributed by atoms with van der Waals surface area (Å²) in [5.74, 6) is 6.83. The van der Waals surface area contributed by atoms with Crippen LogP contribution in [0.3, 0.4) is 0 Å². The molecule has 0 bridgehead atoms. The average molecular weight is 445 g/mol. The van der Waals surface area contributed by atoms with Crippen molar-refractivity contribution in [2.75, 3.05) is 23.8 Å². The number of aromatic nitrogens is 2. The van der Waals surface area contributed by atoms with Crippen molar-refractivity contribution in [3.63, 3.8) is 0 Å². The van der Waals surface area contributed by atoms with Crippen molar-refractivity contribution in [3.8, 4) is 0 Å². The van der Waals surface area contributed by atoms with Crippen molar-refractivity contribution in [2.24, 2.45) is 17.7 Å². The molecular weight excluding hydrogens is 418 g/mol. The molecule has 1 aliphatic rings. The van der Waals surface area contributed by atoms with E-state index in [0.29, 0.717) is 28.5 Å². The molecule has 1 saturated carbocycles. The Bertz CT molecular complexity index is 1030. The van der Waals surface area contributed by atoms with Crippen LogP contribution in [0.4, 0.5) is 20.5 Å². The highest BCUT2D eigenvalue weighted by molar-refractivity contribution is 7.97. The fourth-order valence-corrected chi connectivity index (χ4v) is 4.70. The first-order chi connectivity index (χ1) is 15.1. The van der Waals surface area contributed by atoms with E-state index in [0.717, 1.165) is 55.7 Å². The Morgan fingerprint density at radius 2 is 1.71 bits per heavy atom. The van der Waals surface area contributed by atoms with Crippen molar-refractivity contribution in [1.82, 2.24) is 14.7 Å². The van der Waals surface area contributed by atoms with Crippen LogP contribution in [-0.4, -0.2) is 23.1 Å².